The Bertz CT molecular complexity index is 524. The number of hydrogen-bond acceptors (Lipinski definition) is 5. The van der Waals surface area contributed by atoms with Gasteiger partial charge < -0.3 is 4.74 Å². The third-order valence-corrected chi connectivity index (χ3v) is 3.99. The maximum Gasteiger partial charge on any atom is 0.403 e. The summed E-state index contributed by atoms with van der Waals surface area (Å²) in [6, 6.07) is 6.47. The third kappa shape index (κ3) is 6.36. The quantitative estimate of drug-likeness (QED) is 0.418. The average Bonchev–Trinajstić information content (AvgIpc) is 2.37. The highest BCUT2D eigenvalue weighted by atomic mass is 35.5. The van der Waals surface area contributed by atoms with Crippen molar-refractivity contribution in [3.05, 3.63) is 29.8 Å². The van der Waals surface area contributed by atoms with Gasteiger partial charge >= 0.3 is 5.43 Å². The molecule has 0 aliphatic heterocycles. The second-order valence-corrected chi connectivity index (χ2v) is 6.16. The fraction of sp³-hybridized carbons (Fsp3) is 0.462. The minimum atomic E-state index is -3.69. The molecule has 0 amide bonds. The van der Waals surface area contributed by atoms with Gasteiger partial charge in [-0.2, -0.15) is 8.42 Å². The first-order valence-electron chi connectivity index (χ1n) is 6.20. The Kier molecular flexibility index (Phi) is 6.98. The van der Waals surface area contributed by atoms with Crippen molar-refractivity contribution < 1.29 is 22.1 Å². The second-order valence-electron chi connectivity index (χ2n) is 4.24. The molecule has 112 valence electrons. The molecule has 0 aliphatic rings. The van der Waals surface area contributed by atoms with Crippen molar-refractivity contribution >= 4 is 27.1 Å². The van der Waals surface area contributed by atoms with Gasteiger partial charge in [0.1, 0.15) is 0 Å². The van der Waals surface area contributed by atoms with Crippen LogP contribution in [0.2, 0.25) is 0 Å². The normalized spacial score (nSPS) is 11.3. The summed E-state index contributed by atoms with van der Waals surface area (Å²) in [5, 5.41) is 0. The summed E-state index contributed by atoms with van der Waals surface area (Å²) in [7, 11) is -3.69. The monoisotopic (exact) mass is 320 g/mol. The number of hydrogen-bond donors (Lipinski definition) is 0. The molecule has 0 unspecified atom stereocenters. The number of benzene rings is 1. The van der Waals surface area contributed by atoms with E-state index in [0.717, 1.165) is 5.56 Å². The number of carbonyl (C=O) groups is 1. The van der Waals surface area contributed by atoms with Crippen LogP contribution in [-0.2, 0) is 19.0 Å². The van der Waals surface area contributed by atoms with Gasteiger partial charge in [-0.3, -0.25) is 4.18 Å². The number of aryl methyl sites for hydroxylation is 1. The molecule has 0 fully saturated rings. The lowest BCUT2D eigenvalue weighted by Gasteiger charge is -2.06. The number of unbranched alkanes of at least 4 members (excludes halogenated alkanes) is 2. The molecule has 0 atom stereocenters. The first-order chi connectivity index (χ1) is 9.42. The average molecular weight is 321 g/mol. The number of ether oxygens (including phenoxy) is 1. The molecule has 0 radical (unpaired) electrons. The van der Waals surface area contributed by atoms with Crippen LogP contribution in [0.5, 0.6) is 0 Å². The van der Waals surface area contributed by atoms with E-state index in [0.29, 0.717) is 19.3 Å². The fourth-order valence-electron chi connectivity index (χ4n) is 1.47. The van der Waals surface area contributed by atoms with Crippen molar-refractivity contribution in [3.63, 3.8) is 0 Å². The molecule has 0 saturated carbocycles. The van der Waals surface area contributed by atoms with Gasteiger partial charge in [0.25, 0.3) is 10.1 Å². The van der Waals surface area contributed by atoms with Gasteiger partial charge in [-0.1, -0.05) is 17.7 Å². The zero-order chi connectivity index (χ0) is 15.0. The van der Waals surface area contributed by atoms with Crippen molar-refractivity contribution in [1.29, 1.82) is 0 Å². The van der Waals surface area contributed by atoms with E-state index in [2.05, 4.69) is 4.74 Å². The van der Waals surface area contributed by atoms with Gasteiger partial charge in [0, 0.05) is 11.6 Å². The maximum absolute atomic E-state index is 11.8. The lowest BCUT2D eigenvalue weighted by Crippen LogP contribution is -2.08. The van der Waals surface area contributed by atoms with E-state index in [4.69, 9.17) is 15.8 Å². The number of rotatable bonds is 8. The largest absolute Gasteiger partial charge is 0.454 e. The second kappa shape index (κ2) is 8.24. The minimum Gasteiger partial charge on any atom is -0.454 e. The van der Waals surface area contributed by atoms with E-state index in [1.54, 1.807) is 12.1 Å². The van der Waals surface area contributed by atoms with E-state index < -0.39 is 15.5 Å². The highest BCUT2D eigenvalue weighted by Gasteiger charge is 2.14. The molecule has 0 aromatic heterocycles. The van der Waals surface area contributed by atoms with Crippen molar-refractivity contribution in [2.45, 2.75) is 31.1 Å². The SMILES string of the molecule is Cc1ccc(S(=O)(=O)OCCCCCOC(=O)Cl)cc1. The smallest absolute Gasteiger partial charge is 0.403 e. The van der Waals surface area contributed by atoms with Crippen LogP contribution in [0.4, 0.5) is 4.79 Å². The van der Waals surface area contributed by atoms with Crippen molar-refractivity contribution in [2.75, 3.05) is 13.2 Å². The molecule has 7 heteroatoms. The predicted octanol–water partition coefficient (Wildman–Crippen LogP) is 3.25. The van der Waals surface area contributed by atoms with E-state index >= 15 is 0 Å². The number of carbonyl (C=O) groups excluding carboxylic acids is 1. The standard InChI is InChI=1S/C13H17ClO5S/c1-11-5-7-12(8-6-11)20(16,17)19-10-4-2-3-9-18-13(14)15/h5-8H,2-4,9-10H2,1H3. The summed E-state index contributed by atoms with van der Waals surface area (Å²) < 4.78 is 33.1. The molecule has 1 rings (SSSR count). The zero-order valence-electron chi connectivity index (χ0n) is 11.2. The van der Waals surface area contributed by atoms with Crippen LogP contribution in [0, 0.1) is 6.92 Å². The van der Waals surface area contributed by atoms with Crippen LogP contribution in [0.1, 0.15) is 24.8 Å². The lowest BCUT2D eigenvalue weighted by atomic mass is 10.2. The van der Waals surface area contributed by atoms with Crippen LogP contribution in [-0.4, -0.2) is 27.1 Å². The highest BCUT2D eigenvalue weighted by Crippen LogP contribution is 2.13. The van der Waals surface area contributed by atoms with E-state index in [1.165, 1.54) is 12.1 Å². The molecule has 1 aromatic carbocycles. The van der Waals surface area contributed by atoms with E-state index in [1.807, 2.05) is 6.92 Å². The molecule has 0 heterocycles. The van der Waals surface area contributed by atoms with Gasteiger partial charge in [0.2, 0.25) is 0 Å². The summed E-state index contributed by atoms with van der Waals surface area (Å²) in [6.07, 6.45) is 1.87. The van der Waals surface area contributed by atoms with Crippen LogP contribution in [0.15, 0.2) is 29.2 Å². The summed E-state index contributed by atoms with van der Waals surface area (Å²) in [6.45, 7) is 2.21. The van der Waals surface area contributed by atoms with Crippen molar-refractivity contribution in [2.24, 2.45) is 0 Å². The summed E-state index contributed by atoms with van der Waals surface area (Å²) in [5.74, 6) is 0. The van der Waals surface area contributed by atoms with Gasteiger partial charge in [0.15, 0.2) is 0 Å². The molecular weight excluding hydrogens is 304 g/mol. The Labute approximate surface area is 124 Å². The molecule has 5 nitrogen and oxygen atoms in total. The molecule has 1 aromatic rings. The van der Waals surface area contributed by atoms with Crippen LogP contribution >= 0.6 is 11.6 Å². The number of halogens is 1. The van der Waals surface area contributed by atoms with E-state index in [-0.39, 0.29) is 18.1 Å². The maximum atomic E-state index is 11.8. The molecule has 20 heavy (non-hydrogen) atoms. The first-order valence-corrected chi connectivity index (χ1v) is 7.99. The zero-order valence-corrected chi connectivity index (χ0v) is 12.7. The molecule has 0 spiro atoms. The summed E-state index contributed by atoms with van der Waals surface area (Å²) in [4.78, 5) is 10.4. The van der Waals surface area contributed by atoms with Gasteiger partial charge in [-0.25, -0.2) is 4.79 Å². The van der Waals surface area contributed by atoms with Crippen molar-refractivity contribution in [1.82, 2.24) is 0 Å². The first kappa shape index (κ1) is 16.9. The van der Waals surface area contributed by atoms with Gasteiger partial charge in [-0.15, -0.1) is 0 Å². The molecular formula is C13H17ClO5S. The van der Waals surface area contributed by atoms with Gasteiger partial charge in [-0.05, 0) is 38.3 Å². The third-order valence-electron chi connectivity index (χ3n) is 2.55. The van der Waals surface area contributed by atoms with E-state index in [9.17, 15) is 13.2 Å². The molecule has 0 bridgehead atoms. The topological polar surface area (TPSA) is 69.7 Å². The van der Waals surface area contributed by atoms with Crippen LogP contribution < -0.4 is 0 Å². The van der Waals surface area contributed by atoms with Crippen LogP contribution in [0.3, 0.4) is 0 Å². The Morgan fingerprint density at radius 3 is 2.30 bits per heavy atom. The molecule has 0 aliphatic carbocycles. The van der Waals surface area contributed by atoms with Crippen molar-refractivity contribution in [3.8, 4) is 0 Å². The van der Waals surface area contributed by atoms with Gasteiger partial charge in [0.05, 0.1) is 18.1 Å². The lowest BCUT2D eigenvalue weighted by molar-refractivity contribution is 0.170. The fourth-order valence-corrected chi connectivity index (χ4v) is 2.49. The highest BCUT2D eigenvalue weighted by molar-refractivity contribution is 7.86. The summed E-state index contributed by atoms with van der Waals surface area (Å²) in [5.41, 5.74) is 0.154. The Morgan fingerprint density at radius 1 is 1.10 bits per heavy atom. The minimum absolute atomic E-state index is 0.102. The predicted molar refractivity (Wildman–Crippen MR) is 75.4 cm³/mol. The summed E-state index contributed by atoms with van der Waals surface area (Å²) >= 11 is 4.99. The van der Waals surface area contributed by atoms with Crippen LogP contribution in [0.25, 0.3) is 0 Å². The molecule has 0 saturated heterocycles. The molecule has 0 N–H and O–H groups in total. The Balaban J connectivity index is 2.27. The Morgan fingerprint density at radius 2 is 1.70 bits per heavy atom. The Hall–Kier alpha value is -1.11.